The number of nitrogens with zero attached hydrogens (tertiary/aromatic N) is 3. The van der Waals surface area contributed by atoms with Crippen molar-refractivity contribution in [2.75, 3.05) is 11.1 Å². The summed E-state index contributed by atoms with van der Waals surface area (Å²) in [6, 6.07) is 6.82. The Bertz CT molecular complexity index is 747. The monoisotopic (exact) mass is 329 g/mol. The van der Waals surface area contributed by atoms with Gasteiger partial charge in [0.15, 0.2) is 0 Å². The second-order valence-corrected chi connectivity index (χ2v) is 8.34. The topological polar surface area (TPSA) is 103 Å². The lowest BCUT2D eigenvalue weighted by Crippen LogP contribution is -2.34. The van der Waals surface area contributed by atoms with Crippen LogP contribution in [0, 0.1) is 0 Å². The molecule has 0 bridgehead atoms. The van der Waals surface area contributed by atoms with Crippen molar-refractivity contribution in [2.24, 2.45) is 0 Å². The van der Waals surface area contributed by atoms with Gasteiger partial charge in [-0.05, 0) is 45.0 Å². The van der Waals surface area contributed by atoms with Crippen molar-refractivity contribution in [2.45, 2.75) is 25.5 Å². The highest BCUT2D eigenvalue weighted by atomic mass is 35.5. The Labute approximate surface area is 128 Å². The summed E-state index contributed by atoms with van der Waals surface area (Å²) in [4.78, 5) is 3.91. The van der Waals surface area contributed by atoms with Crippen molar-refractivity contribution >= 4 is 39.2 Å². The summed E-state index contributed by atoms with van der Waals surface area (Å²) in [6.45, 7) is 4.70. The molecule has 0 atom stereocenters. The summed E-state index contributed by atoms with van der Waals surface area (Å²) in [5.74, 6) is -0.0935. The third-order valence-electron chi connectivity index (χ3n) is 2.70. The highest BCUT2D eigenvalue weighted by Gasteiger charge is 2.34. The molecule has 0 aliphatic carbocycles. The fraction of sp³-hybridized carbons (Fsp3) is 0.333. The molecule has 114 valence electrons. The number of nitrogen functional groups attached to an aromatic ring is 1. The van der Waals surface area contributed by atoms with E-state index in [-0.39, 0.29) is 11.9 Å². The third-order valence-corrected chi connectivity index (χ3v) is 5.23. The van der Waals surface area contributed by atoms with Gasteiger partial charge in [-0.15, -0.1) is 9.19 Å². The number of rotatable bonds is 3. The van der Waals surface area contributed by atoms with Crippen LogP contribution in [-0.2, 0) is 10.0 Å². The van der Waals surface area contributed by atoms with Crippen molar-refractivity contribution in [3.05, 3.63) is 29.3 Å². The van der Waals surface area contributed by atoms with E-state index in [0.29, 0.717) is 10.7 Å². The first-order chi connectivity index (χ1) is 9.61. The van der Waals surface area contributed by atoms with E-state index in [1.165, 1.54) is 0 Å². The summed E-state index contributed by atoms with van der Waals surface area (Å²) in [5, 5.41) is 7.38. The van der Waals surface area contributed by atoms with Crippen molar-refractivity contribution in [1.29, 1.82) is 0 Å². The number of benzene rings is 1. The molecular weight excluding hydrogens is 314 g/mol. The summed E-state index contributed by atoms with van der Waals surface area (Å²) < 4.78 is 24.3. The van der Waals surface area contributed by atoms with Gasteiger partial charge < -0.3 is 11.1 Å². The van der Waals surface area contributed by atoms with Crippen LogP contribution in [0.2, 0.25) is 5.02 Å². The average Bonchev–Trinajstić information content (AvgIpc) is 2.72. The molecule has 0 fully saturated rings. The van der Waals surface area contributed by atoms with Gasteiger partial charge in [-0.25, -0.2) is 8.42 Å². The molecule has 2 aromatic rings. The third kappa shape index (κ3) is 3.11. The van der Waals surface area contributed by atoms with Crippen LogP contribution in [-0.4, -0.2) is 27.3 Å². The molecule has 1 heterocycles. The van der Waals surface area contributed by atoms with Crippen LogP contribution >= 0.6 is 11.6 Å². The van der Waals surface area contributed by atoms with E-state index in [1.54, 1.807) is 45.0 Å². The zero-order valence-corrected chi connectivity index (χ0v) is 13.4. The molecule has 7 nitrogen and oxygen atoms in total. The second-order valence-electron chi connectivity index (χ2n) is 5.39. The van der Waals surface area contributed by atoms with Crippen LogP contribution in [0.15, 0.2) is 24.3 Å². The molecule has 2 rings (SSSR count). The molecule has 21 heavy (non-hydrogen) atoms. The molecule has 0 saturated heterocycles. The summed E-state index contributed by atoms with van der Waals surface area (Å²) in [7, 11) is -3.73. The molecule has 9 heteroatoms. The Morgan fingerprint density at radius 2 is 1.81 bits per heavy atom. The number of anilines is 3. The van der Waals surface area contributed by atoms with Crippen LogP contribution in [0.25, 0.3) is 0 Å². The Morgan fingerprint density at radius 3 is 2.33 bits per heavy atom. The summed E-state index contributed by atoms with van der Waals surface area (Å²) >= 11 is 5.79. The summed E-state index contributed by atoms with van der Waals surface area (Å²) in [6.07, 6.45) is 0. The molecule has 0 aliphatic heterocycles. The zero-order chi connectivity index (χ0) is 15.8. The number of nitrogens with two attached hydrogens (primary N) is 1. The van der Waals surface area contributed by atoms with Crippen molar-refractivity contribution in [1.82, 2.24) is 14.2 Å². The van der Waals surface area contributed by atoms with Crippen LogP contribution < -0.4 is 11.1 Å². The predicted octanol–water partition coefficient (Wildman–Crippen LogP) is 2.23. The SMILES string of the molecule is CC(C)(C)S(=O)(=O)n1nc(Nc2ccc(Cl)cc2)nc1N. The molecule has 0 amide bonds. The van der Waals surface area contributed by atoms with Gasteiger partial charge in [0.25, 0.3) is 10.0 Å². The van der Waals surface area contributed by atoms with Gasteiger partial charge in [0.1, 0.15) is 0 Å². The maximum absolute atomic E-state index is 12.3. The summed E-state index contributed by atoms with van der Waals surface area (Å²) in [5.41, 5.74) is 6.32. The van der Waals surface area contributed by atoms with Crippen molar-refractivity contribution in [3.8, 4) is 0 Å². The van der Waals surface area contributed by atoms with Crippen molar-refractivity contribution < 1.29 is 8.42 Å². The van der Waals surface area contributed by atoms with Crippen molar-refractivity contribution in [3.63, 3.8) is 0 Å². The van der Waals surface area contributed by atoms with E-state index in [4.69, 9.17) is 17.3 Å². The van der Waals surface area contributed by atoms with E-state index < -0.39 is 14.8 Å². The molecule has 0 unspecified atom stereocenters. The molecule has 0 spiro atoms. The number of aromatic nitrogens is 3. The minimum atomic E-state index is -3.73. The lowest BCUT2D eigenvalue weighted by Gasteiger charge is -2.18. The molecule has 1 aromatic carbocycles. The van der Waals surface area contributed by atoms with Crippen LogP contribution in [0.1, 0.15) is 20.8 Å². The van der Waals surface area contributed by atoms with Gasteiger partial charge in [-0.3, -0.25) is 0 Å². The first kappa shape index (κ1) is 15.6. The van der Waals surface area contributed by atoms with E-state index in [9.17, 15) is 8.42 Å². The molecule has 3 N–H and O–H groups in total. The Hall–Kier alpha value is -1.80. The minimum Gasteiger partial charge on any atom is -0.367 e. The molecule has 0 aliphatic rings. The highest BCUT2D eigenvalue weighted by molar-refractivity contribution is 7.91. The number of hydrogen-bond acceptors (Lipinski definition) is 6. The normalized spacial score (nSPS) is 12.4. The Morgan fingerprint density at radius 1 is 1.24 bits per heavy atom. The molecule has 0 saturated carbocycles. The van der Waals surface area contributed by atoms with Gasteiger partial charge in [-0.2, -0.15) is 4.98 Å². The van der Waals surface area contributed by atoms with Gasteiger partial charge in [0.05, 0.1) is 4.75 Å². The fourth-order valence-corrected chi connectivity index (χ4v) is 2.58. The van der Waals surface area contributed by atoms with E-state index in [0.717, 1.165) is 4.09 Å². The lowest BCUT2D eigenvalue weighted by atomic mass is 10.3. The van der Waals surface area contributed by atoms with Gasteiger partial charge in [0.2, 0.25) is 11.9 Å². The predicted molar refractivity (Wildman–Crippen MR) is 83.2 cm³/mol. The van der Waals surface area contributed by atoms with E-state index in [1.807, 2.05) is 0 Å². The maximum atomic E-state index is 12.3. The minimum absolute atomic E-state index is 0.0997. The van der Waals surface area contributed by atoms with Gasteiger partial charge in [0, 0.05) is 10.7 Å². The quantitative estimate of drug-likeness (QED) is 0.895. The molecule has 1 aromatic heterocycles. The second kappa shape index (κ2) is 5.19. The number of halogens is 1. The Kier molecular flexibility index (Phi) is 3.85. The number of nitrogens with one attached hydrogen (secondary N) is 1. The number of hydrogen-bond donors (Lipinski definition) is 2. The Balaban J connectivity index is 2.34. The largest absolute Gasteiger partial charge is 0.367 e. The first-order valence-electron chi connectivity index (χ1n) is 6.11. The van der Waals surface area contributed by atoms with Crippen LogP contribution in [0.3, 0.4) is 0 Å². The highest BCUT2D eigenvalue weighted by Crippen LogP contribution is 2.22. The van der Waals surface area contributed by atoms with E-state index in [2.05, 4.69) is 15.4 Å². The molecular formula is C12H16ClN5O2S. The zero-order valence-electron chi connectivity index (χ0n) is 11.8. The molecule has 0 radical (unpaired) electrons. The lowest BCUT2D eigenvalue weighted by molar-refractivity contribution is 0.544. The average molecular weight is 330 g/mol. The van der Waals surface area contributed by atoms with Crippen LogP contribution in [0.4, 0.5) is 17.6 Å². The van der Waals surface area contributed by atoms with Gasteiger partial charge >= 0.3 is 0 Å². The standard InChI is InChI=1S/C12H16ClN5O2S/c1-12(2,3)21(19,20)18-10(14)16-11(17-18)15-9-6-4-8(13)5-7-9/h4-7H,1-3H3,(H3,14,15,16,17). The first-order valence-corrected chi connectivity index (χ1v) is 7.93. The van der Waals surface area contributed by atoms with Crippen LogP contribution in [0.5, 0.6) is 0 Å². The maximum Gasteiger partial charge on any atom is 0.262 e. The van der Waals surface area contributed by atoms with Gasteiger partial charge in [-0.1, -0.05) is 11.6 Å². The smallest absolute Gasteiger partial charge is 0.262 e. The van der Waals surface area contributed by atoms with E-state index >= 15 is 0 Å². The fourth-order valence-electron chi connectivity index (χ4n) is 1.46.